The van der Waals surface area contributed by atoms with Crippen LogP contribution in [0.3, 0.4) is 0 Å². The lowest BCUT2D eigenvalue weighted by Gasteiger charge is -2.19. The minimum Gasteiger partial charge on any atom is -0.445 e. The number of hydrogen-bond donors (Lipinski definition) is 2. The van der Waals surface area contributed by atoms with Gasteiger partial charge in [0.2, 0.25) is 3.79 Å². The second-order valence-corrected chi connectivity index (χ2v) is 6.80. The monoisotopic (exact) mass is 323 g/mol. The molecule has 1 amide bonds. The van der Waals surface area contributed by atoms with Crippen LogP contribution in [0, 0.1) is 0 Å². The van der Waals surface area contributed by atoms with E-state index in [0.29, 0.717) is 6.42 Å². The van der Waals surface area contributed by atoms with E-state index in [4.69, 9.17) is 39.5 Å². The van der Waals surface area contributed by atoms with E-state index in [-0.39, 0.29) is 6.61 Å². The molecule has 7 heteroatoms. The zero-order chi connectivity index (χ0) is 14.0. The molecule has 0 aromatic heterocycles. The molecule has 0 aliphatic heterocycles. The number of hydrogen-bond acceptors (Lipinski definition) is 3. The summed E-state index contributed by atoms with van der Waals surface area (Å²) in [6.07, 6.45) is -0.921. The van der Waals surface area contributed by atoms with Crippen LogP contribution in [0.15, 0.2) is 24.3 Å². The minimum absolute atomic E-state index is 0.353. The van der Waals surface area contributed by atoms with Crippen LogP contribution >= 0.6 is 34.8 Å². The van der Waals surface area contributed by atoms with E-state index < -0.39 is 22.0 Å². The SMILES string of the molecule is O=C(N[C@H]1c2ccccc2C[C@H]1O)OCC(Cl)(Cl)Cl. The largest absolute Gasteiger partial charge is 0.445 e. The molecule has 0 saturated heterocycles. The maximum absolute atomic E-state index is 11.6. The molecule has 0 heterocycles. The average Bonchev–Trinajstić information content (AvgIpc) is 2.63. The van der Waals surface area contributed by atoms with Crippen molar-refractivity contribution >= 4 is 40.9 Å². The van der Waals surface area contributed by atoms with Crippen LogP contribution in [0.1, 0.15) is 17.2 Å². The fourth-order valence-corrected chi connectivity index (χ4v) is 2.23. The summed E-state index contributed by atoms with van der Waals surface area (Å²) in [7, 11) is 0. The molecule has 0 bridgehead atoms. The van der Waals surface area contributed by atoms with Gasteiger partial charge in [0.05, 0.1) is 12.1 Å². The standard InChI is InChI=1S/C12H12Cl3NO3/c13-12(14,15)6-19-11(18)16-10-8-4-2-1-3-7(8)5-9(10)17/h1-4,9-10,17H,5-6H2,(H,16,18)/t9-,10+/m1/s1. The maximum Gasteiger partial charge on any atom is 0.407 e. The van der Waals surface area contributed by atoms with E-state index in [9.17, 15) is 9.90 Å². The van der Waals surface area contributed by atoms with Crippen LogP contribution in [0.4, 0.5) is 4.79 Å². The number of carbonyl (C=O) groups excluding carboxylic acids is 1. The van der Waals surface area contributed by atoms with Crippen LogP contribution in [0.5, 0.6) is 0 Å². The third-order valence-corrected chi connectivity index (χ3v) is 3.17. The van der Waals surface area contributed by atoms with Gasteiger partial charge in [0.1, 0.15) is 6.61 Å². The Labute approximate surface area is 125 Å². The average molecular weight is 325 g/mol. The second-order valence-electron chi connectivity index (χ2n) is 4.28. The zero-order valence-electron chi connectivity index (χ0n) is 9.78. The Morgan fingerprint density at radius 2 is 2.11 bits per heavy atom. The van der Waals surface area contributed by atoms with E-state index in [2.05, 4.69) is 5.32 Å². The number of alkyl halides is 3. The van der Waals surface area contributed by atoms with Gasteiger partial charge < -0.3 is 15.2 Å². The van der Waals surface area contributed by atoms with Crippen molar-refractivity contribution in [3.63, 3.8) is 0 Å². The van der Waals surface area contributed by atoms with Gasteiger partial charge in [-0.3, -0.25) is 0 Å². The Bertz CT molecular complexity index is 476. The molecule has 0 unspecified atom stereocenters. The van der Waals surface area contributed by atoms with Gasteiger partial charge in [-0.2, -0.15) is 0 Å². The predicted octanol–water partition coefficient (Wildman–Crippen LogP) is 2.74. The molecule has 0 spiro atoms. The number of carbonyl (C=O) groups is 1. The Hall–Kier alpha value is -0.680. The lowest BCUT2D eigenvalue weighted by Crippen LogP contribution is -2.35. The van der Waals surface area contributed by atoms with Crippen molar-refractivity contribution in [3.8, 4) is 0 Å². The van der Waals surface area contributed by atoms with E-state index >= 15 is 0 Å². The van der Waals surface area contributed by atoms with Crippen molar-refractivity contribution in [1.82, 2.24) is 5.32 Å². The summed E-state index contributed by atoms with van der Waals surface area (Å²) >= 11 is 16.4. The molecule has 0 radical (unpaired) electrons. The second kappa shape index (κ2) is 5.75. The third kappa shape index (κ3) is 3.89. The van der Waals surface area contributed by atoms with Crippen LogP contribution in [-0.4, -0.2) is 27.7 Å². The zero-order valence-corrected chi connectivity index (χ0v) is 12.0. The summed E-state index contributed by atoms with van der Waals surface area (Å²) in [6, 6.07) is 6.99. The number of alkyl carbamates (subject to hydrolysis) is 1. The van der Waals surface area contributed by atoms with E-state index in [1.165, 1.54) is 0 Å². The van der Waals surface area contributed by atoms with Crippen LogP contribution in [0.25, 0.3) is 0 Å². The molecular formula is C12H12Cl3NO3. The number of halogens is 3. The van der Waals surface area contributed by atoms with Gasteiger partial charge >= 0.3 is 6.09 Å². The molecule has 2 rings (SSSR count). The van der Waals surface area contributed by atoms with Crippen molar-refractivity contribution in [3.05, 3.63) is 35.4 Å². The number of benzene rings is 1. The molecule has 2 atom stereocenters. The number of nitrogens with one attached hydrogen (secondary N) is 1. The summed E-state index contributed by atoms with van der Waals surface area (Å²) in [4.78, 5) is 11.6. The van der Waals surface area contributed by atoms with Crippen molar-refractivity contribution in [2.45, 2.75) is 22.4 Å². The fraction of sp³-hybridized carbons (Fsp3) is 0.417. The van der Waals surface area contributed by atoms with Crippen molar-refractivity contribution in [2.24, 2.45) is 0 Å². The lowest BCUT2D eigenvalue weighted by molar-refractivity contribution is 0.113. The molecule has 1 aromatic rings. The highest BCUT2D eigenvalue weighted by Gasteiger charge is 2.32. The highest BCUT2D eigenvalue weighted by atomic mass is 35.6. The lowest BCUT2D eigenvalue weighted by atomic mass is 10.1. The highest BCUT2D eigenvalue weighted by molar-refractivity contribution is 6.67. The molecule has 19 heavy (non-hydrogen) atoms. The quantitative estimate of drug-likeness (QED) is 0.822. The fourth-order valence-electron chi connectivity index (χ4n) is 2.06. The van der Waals surface area contributed by atoms with Crippen LogP contribution in [-0.2, 0) is 11.2 Å². The Morgan fingerprint density at radius 1 is 1.42 bits per heavy atom. The number of aliphatic hydroxyl groups is 1. The molecule has 4 nitrogen and oxygen atoms in total. The topological polar surface area (TPSA) is 58.6 Å². The Morgan fingerprint density at radius 3 is 2.79 bits per heavy atom. The maximum atomic E-state index is 11.6. The molecule has 1 aliphatic rings. The van der Waals surface area contributed by atoms with Gasteiger partial charge in [0, 0.05) is 6.42 Å². The first-order valence-electron chi connectivity index (χ1n) is 5.63. The minimum atomic E-state index is -1.65. The van der Waals surface area contributed by atoms with Crippen molar-refractivity contribution in [1.29, 1.82) is 0 Å². The predicted molar refractivity (Wildman–Crippen MR) is 73.7 cm³/mol. The summed E-state index contributed by atoms with van der Waals surface area (Å²) in [5, 5.41) is 12.5. The molecule has 0 saturated carbocycles. The van der Waals surface area contributed by atoms with Crippen LogP contribution in [0.2, 0.25) is 0 Å². The van der Waals surface area contributed by atoms with E-state index in [1.807, 2.05) is 24.3 Å². The molecular weight excluding hydrogens is 312 g/mol. The molecule has 1 aliphatic carbocycles. The van der Waals surface area contributed by atoms with Crippen molar-refractivity contribution < 1.29 is 14.6 Å². The normalized spacial score (nSPS) is 21.9. The van der Waals surface area contributed by atoms with Gasteiger partial charge in [-0.25, -0.2) is 4.79 Å². The smallest absolute Gasteiger partial charge is 0.407 e. The molecule has 1 aromatic carbocycles. The summed E-state index contributed by atoms with van der Waals surface area (Å²) < 4.78 is 3.13. The third-order valence-electron chi connectivity index (χ3n) is 2.84. The van der Waals surface area contributed by atoms with Gasteiger partial charge in [0.15, 0.2) is 0 Å². The summed E-state index contributed by atoms with van der Waals surface area (Å²) in [5.41, 5.74) is 1.88. The summed E-state index contributed by atoms with van der Waals surface area (Å²) in [6.45, 7) is -0.353. The van der Waals surface area contributed by atoms with Gasteiger partial charge in [-0.15, -0.1) is 0 Å². The number of rotatable bonds is 2. The van der Waals surface area contributed by atoms with Gasteiger partial charge in [0.25, 0.3) is 0 Å². The number of aliphatic hydroxyl groups excluding tert-OH is 1. The van der Waals surface area contributed by atoms with E-state index in [1.54, 1.807) is 0 Å². The number of amides is 1. The first kappa shape index (κ1) is 14.7. The summed E-state index contributed by atoms with van der Waals surface area (Å²) in [5.74, 6) is 0. The number of ether oxygens (including phenoxy) is 1. The Balaban J connectivity index is 1.98. The number of fused-ring (bicyclic) bond motifs is 1. The van der Waals surface area contributed by atoms with Gasteiger partial charge in [-0.05, 0) is 11.1 Å². The van der Waals surface area contributed by atoms with Gasteiger partial charge in [-0.1, -0.05) is 59.1 Å². The first-order valence-corrected chi connectivity index (χ1v) is 6.76. The Kier molecular flexibility index (Phi) is 4.46. The molecule has 0 fully saturated rings. The molecule has 104 valence electrons. The van der Waals surface area contributed by atoms with Crippen LogP contribution < -0.4 is 5.32 Å². The first-order chi connectivity index (χ1) is 8.87. The van der Waals surface area contributed by atoms with E-state index in [0.717, 1.165) is 11.1 Å². The molecule has 2 N–H and O–H groups in total. The highest BCUT2D eigenvalue weighted by Crippen LogP contribution is 2.31. The van der Waals surface area contributed by atoms with Crippen molar-refractivity contribution in [2.75, 3.05) is 6.61 Å².